The SMILES string of the molecule is COc1c2c(cc3c1c(=O)c1ccccc1n3C)OC(C)(C)[C@H](Br)[C@H]2O. The highest BCUT2D eigenvalue weighted by molar-refractivity contribution is 9.09. The van der Waals surface area contributed by atoms with Crippen molar-refractivity contribution in [2.75, 3.05) is 7.11 Å². The first kappa shape index (κ1) is 17.4. The Balaban J connectivity index is 2.21. The standard InChI is InChI=1S/C20H20BrNO4/c1-20(2)19(21)17(24)15-13(26-20)9-12-14(18(15)25-4)16(23)10-7-5-6-8-11(10)22(12)3/h5-9,17,19,24H,1-4H3/t17-,19+/m0/s1. The molecule has 1 N–H and O–H groups in total. The topological polar surface area (TPSA) is 60.7 Å². The van der Waals surface area contributed by atoms with Gasteiger partial charge in [0.05, 0.1) is 33.9 Å². The van der Waals surface area contributed by atoms with Crippen LogP contribution in [-0.4, -0.2) is 27.2 Å². The molecule has 0 aliphatic carbocycles. The number of aryl methyl sites for hydroxylation is 1. The maximum absolute atomic E-state index is 13.2. The average molecular weight is 418 g/mol. The van der Waals surface area contributed by atoms with Gasteiger partial charge in [-0.15, -0.1) is 0 Å². The molecule has 0 spiro atoms. The number of aliphatic hydroxyl groups excluding tert-OH is 1. The van der Waals surface area contributed by atoms with E-state index in [-0.39, 0.29) is 10.3 Å². The first-order valence-corrected chi connectivity index (χ1v) is 9.33. The third kappa shape index (κ3) is 2.21. The second-order valence-corrected chi connectivity index (χ2v) is 8.16. The molecule has 2 aromatic carbocycles. The number of hydrogen-bond acceptors (Lipinski definition) is 4. The summed E-state index contributed by atoms with van der Waals surface area (Å²) in [6.07, 6.45) is -0.857. The van der Waals surface area contributed by atoms with Gasteiger partial charge >= 0.3 is 0 Å². The lowest BCUT2D eigenvalue weighted by molar-refractivity contribution is 0.0212. The number of benzene rings is 2. The molecule has 1 aliphatic heterocycles. The van der Waals surface area contributed by atoms with E-state index in [4.69, 9.17) is 9.47 Å². The molecule has 0 fully saturated rings. The second kappa shape index (κ2) is 5.72. The van der Waals surface area contributed by atoms with Crippen LogP contribution in [0.3, 0.4) is 0 Å². The fraction of sp³-hybridized carbons (Fsp3) is 0.350. The van der Waals surface area contributed by atoms with Gasteiger partial charge in [0.25, 0.3) is 0 Å². The molecule has 5 nitrogen and oxygen atoms in total. The molecule has 2 atom stereocenters. The summed E-state index contributed by atoms with van der Waals surface area (Å²) in [5.41, 5.74) is 1.33. The summed E-state index contributed by atoms with van der Waals surface area (Å²) in [6, 6.07) is 9.29. The van der Waals surface area contributed by atoms with Gasteiger partial charge in [0.1, 0.15) is 23.2 Å². The van der Waals surface area contributed by atoms with Crippen LogP contribution in [-0.2, 0) is 7.05 Å². The summed E-state index contributed by atoms with van der Waals surface area (Å²) < 4.78 is 13.7. The fourth-order valence-corrected chi connectivity index (χ4v) is 4.14. The number of hydrogen-bond donors (Lipinski definition) is 1. The Morgan fingerprint density at radius 3 is 2.65 bits per heavy atom. The zero-order valence-electron chi connectivity index (χ0n) is 15.0. The number of pyridine rings is 1. The number of aromatic nitrogens is 1. The molecule has 0 radical (unpaired) electrons. The number of halogens is 1. The van der Waals surface area contributed by atoms with Crippen LogP contribution < -0.4 is 14.9 Å². The van der Waals surface area contributed by atoms with Crippen LogP contribution >= 0.6 is 15.9 Å². The highest BCUT2D eigenvalue weighted by atomic mass is 79.9. The Hall–Kier alpha value is -2.05. The zero-order valence-corrected chi connectivity index (χ0v) is 16.6. The molecule has 1 aliphatic rings. The van der Waals surface area contributed by atoms with Gasteiger partial charge in [0, 0.05) is 18.5 Å². The van der Waals surface area contributed by atoms with Crippen LogP contribution in [0.25, 0.3) is 21.8 Å². The van der Waals surface area contributed by atoms with Gasteiger partial charge in [-0.3, -0.25) is 4.79 Å². The first-order valence-electron chi connectivity index (χ1n) is 8.41. The molecule has 0 bridgehead atoms. The second-order valence-electron chi connectivity index (χ2n) is 7.17. The minimum Gasteiger partial charge on any atom is -0.495 e. The largest absolute Gasteiger partial charge is 0.495 e. The minimum atomic E-state index is -0.857. The van der Waals surface area contributed by atoms with E-state index in [1.807, 2.05) is 49.7 Å². The van der Waals surface area contributed by atoms with Crippen molar-refractivity contribution in [2.45, 2.75) is 30.4 Å². The maximum atomic E-state index is 13.2. The monoisotopic (exact) mass is 417 g/mol. The van der Waals surface area contributed by atoms with Crippen molar-refractivity contribution in [2.24, 2.45) is 7.05 Å². The van der Waals surface area contributed by atoms with Gasteiger partial charge in [-0.25, -0.2) is 0 Å². The van der Waals surface area contributed by atoms with Gasteiger partial charge < -0.3 is 19.1 Å². The molecule has 0 unspecified atom stereocenters. The van der Waals surface area contributed by atoms with E-state index in [2.05, 4.69) is 15.9 Å². The number of nitrogens with zero attached hydrogens (tertiary/aromatic N) is 1. The van der Waals surface area contributed by atoms with Crippen LogP contribution in [0.4, 0.5) is 0 Å². The maximum Gasteiger partial charge on any atom is 0.200 e. The highest BCUT2D eigenvalue weighted by Crippen LogP contribution is 2.49. The van der Waals surface area contributed by atoms with E-state index in [9.17, 15) is 9.90 Å². The smallest absolute Gasteiger partial charge is 0.200 e. The number of aliphatic hydroxyl groups is 1. The number of para-hydroxylation sites is 1. The van der Waals surface area contributed by atoms with Crippen LogP contribution in [0.15, 0.2) is 35.1 Å². The summed E-state index contributed by atoms with van der Waals surface area (Å²) in [7, 11) is 3.42. The van der Waals surface area contributed by atoms with E-state index in [1.165, 1.54) is 7.11 Å². The highest BCUT2D eigenvalue weighted by Gasteiger charge is 2.44. The summed E-state index contributed by atoms with van der Waals surface area (Å²) in [4.78, 5) is 12.9. The zero-order chi connectivity index (χ0) is 18.8. The van der Waals surface area contributed by atoms with Gasteiger partial charge in [-0.1, -0.05) is 28.1 Å². The molecule has 0 amide bonds. The van der Waals surface area contributed by atoms with Crippen molar-refractivity contribution in [1.29, 1.82) is 0 Å². The predicted octanol–water partition coefficient (Wildman–Crippen LogP) is 3.67. The average Bonchev–Trinajstić information content (AvgIpc) is 2.62. The van der Waals surface area contributed by atoms with E-state index in [0.717, 1.165) is 5.52 Å². The molecule has 2 heterocycles. The fourth-order valence-electron chi connectivity index (χ4n) is 3.79. The Morgan fingerprint density at radius 1 is 1.27 bits per heavy atom. The molecular formula is C20H20BrNO4. The number of methoxy groups -OCH3 is 1. The van der Waals surface area contributed by atoms with Crippen molar-refractivity contribution in [1.82, 2.24) is 4.57 Å². The lowest BCUT2D eigenvalue weighted by Crippen LogP contribution is -2.45. The van der Waals surface area contributed by atoms with Crippen LogP contribution in [0.1, 0.15) is 25.5 Å². The van der Waals surface area contributed by atoms with Crippen molar-refractivity contribution < 1.29 is 14.6 Å². The Labute approximate surface area is 159 Å². The summed E-state index contributed by atoms with van der Waals surface area (Å²) in [6.45, 7) is 3.82. The van der Waals surface area contributed by atoms with Gasteiger partial charge in [0.15, 0.2) is 0 Å². The summed E-state index contributed by atoms with van der Waals surface area (Å²) in [5.74, 6) is 0.907. The molecule has 136 valence electrons. The Kier molecular flexibility index (Phi) is 3.82. The van der Waals surface area contributed by atoms with Crippen LogP contribution in [0.2, 0.25) is 0 Å². The van der Waals surface area contributed by atoms with Crippen LogP contribution in [0, 0.1) is 0 Å². The molecule has 26 heavy (non-hydrogen) atoms. The lowest BCUT2D eigenvalue weighted by atomic mass is 9.89. The van der Waals surface area contributed by atoms with E-state index < -0.39 is 11.7 Å². The number of fused-ring (bicyclic) bond motifs is 3. The third-order valence-corrected chi connectivity index (χ3v) is 6.78. The van der Waals surface area contributed by atoms with Crippen molar-refractivity contribution in [3.05, 3.63) is 46.1 Å². The molecular weight excluding hydrogens is 398 g/mol. The quantitative estimate of drug-likeness (QED) is 0.484. The van der Waals surface area contributed by atoms with E-state index in [0.29, 0.717) is 33.4 Å². The number of ether oxygens (including phenoxy) is 2. The molecule has 3 aromatic rings. The molecule has 1 aromatic heterocycles. The van der Waals surface area contributed by atoms with Gasteiger partial charge in [-0.2, -0.15) is 0 Å². The molecule has 6 heteroatoms. The molecule has 0 saturated heterocycles. The normalized spacial score (nSPS) is 21.5. The lowest BCUT2D eigenvalue weighted by Gasteiger charge is -2.40. The first-order chi connectivity index (χ1) is 12.3. The van der Waals surface area contributed by atoms with Crippen molar-refractivity contribution in [3.63, 3.8) is 0 Å². The third-order valence-electron chi connectivity index (χ3n) is 5.17. The van der Waals surface area contributed by atoms with Crippen LogP contribution in [0.5, 0.6) is 11.5 Å². The Bertz CT molecular complexity index is 1100. The number of alkyl halides is 1. The van der Waals surface area contributed by atoms with E-state index in [1.54, 1.807) is 6.07 Å². The number of rotatable bonds is 1. The minimum absolute atomic E-state index is 0.114. The van der Waals surface area contributed by atoms with Gasteiger partial charge in [-0.05, 0) is 26.0 Å². The summed E-state index contributed by atoms with van der Waals surface area (Å²) >= 11 is 3.53. The van der Waals surface area contributed by atoms with Crippen molar-refractivity contribution in [3.8, 4) is 11.5 Å². The van der Waals surface area contributed by atoms with Gasteiger partial charge in [0.2, 0.25) is 5.43 Å². The molecule has 0 saturated carbocycles. The van der Waals surface area contributed by atoms with Crippen molar-refractivity contribution >= 4 is 37.7 Å². The van der Waals surface area contributed by atoms with E-state index >= 15 is 0 Å². The Morgan fingerprint density at radius 2 is 1.96 bits per heavy atom. The summed E-state index contributed by atoms with van der Waals surface area (Å²) in [5, 5.41) is 12.0. The predicted molar refractivity (Wildman–Crippen MR) is 106 cm³/mol. The molecule has 4 rings (SSSR count).